The second-order valence-electron chi connectivity index (χ2n) is 4.82. The number of likely N-dealkylation sites (N-methyl/N-ethyl adjacent to an activating group) is 1. The molecule has 0 radical (unpaired) electrons. The Morgan fingerprint density at radius 3 is 2.59 bits per heavy atom. The Hall–Kier alpha value is -1.26. The summed E-state index contributed by atoms with van der Waals surface area (Å²) in [4.78, 5) is 2.09. The highest BCUT2D eigenvalue weighted by Crippen LogP contribution is 2.34. The summed E-state index contributed by atoms with van der Waals surface area (Å²) in [6, 6.07) is 7.73. The molecule has 2 N–H and O–H groups in total. The van der Waals surface area contributed by atoms with E-state index in [1.54, 1.807) is 0 Å². The topological polar surface area (TPSA) is 47.7 Å². The van der Waals surface area contributed by atoms with Gasteiger partial charge >= 0.3 is 0 Å². The Labute approximate surface area is 102 Å². The number of para-hydroxylation sites is 2. The molecule has 0 amide bonds. The average molecular weight is 236 g/mol. The first-order valence-electron chi connectivity index (χ1n) is 5.84. The standard InChI is InChI=1S/C13H20N2O2/c1-13(9-14,15(2)3)12-8-16-10-6-4-5-7-11(10)17-12/h4-7,12H,8-9,14H2,1-3H3. The molecule has 4 nitrogen and oxygen atoms in total. The van der Waals surface area contributed by atoms with E-state index >= 15 is 0 Å². The Bertz CT molecular complexity index is 395. The van der Waals surface area contributed by atoms with Crippen LogP contribution < -0.4 is 15.2 Å². The van der Waals surface area contributed by atoms with Crippen molar-refractivity contribution in [3.05, 3.63) is 24.3 Å². The molecule has 94 valence electrons. The van der Waals surface area contributed by atoms with Crippen molar-refractivity contribution in [1.29, 1.82) is 0 Å². The summed E-state index contributed by atoms with van der Waals surface area (Å²) in [7, 11) is 4.02. The van der Waals surface area contributed by atoms with Gasteiger partial charge in [0.15, 0.2) is 17.6 Å². The molecular formula is C13H20N2O2. The van der Waals surface area contributed by atoms with Gasteiger partial charge < -0.3 is 15.2 Å². The maximum absolute atomic E-state index is 6.00. The van der Waals surface area contributed by atoms with Gasteiger partial charge in [-0.25, -0.2) is 0 Å². The summed E-state index contributed by atoms with van der Waals surface area (Å²) < 4.78 is 11.7. The first kappa shape index (κ1) is 12.2. The molecule has 17 heavy (non-hydrogen) atoms. The molecule has 0 saturated heterocycles. The third-order valence-corrected chi connectivity index (χ3v) is 3.64. The van der Waals surface area contributed by atoms with Crippen molar-refractivity contribution < 1.29 is 9.47 Å². The van der Waals surface area contributed by atoms with Crippen molar-refractivity contribution in [3.8, 4) is 11.5 Å². The summed E-state index contributed by atoms with van der Waals surface area (Å²) in [5.41, 5.74) is 5.65. The minimum Gasteiger partial charge on any atom is -0.486 e. The first-order valence-corrected chi connectivity index (χ1v) is 5.84. The minimum atomic E-state index is -0.229. The SMILES string of the molecule is CN(C)C(C)(CN)C1COc2ccccc2O1. The predicted molar refractivity (Wildman–Crippen MR) is 67.5 cm³/mol. The van der Waals surface area contributed by atoms with Crippen molar-refractivity contribution in [2.75, 3.05) is 27.2 Å². The molecular weight excluding hydrogens is 216 g/mol. The Balaban J connectivity index is 2.22. The second-order valence-corrected chi connectivity index (χ2v) is 4.82. The van der Waals surface area contributed by atoms with Crippen LogP contribution in [-0.4, -0.2) is 43.8 Å². The average Bonchev–Trinajstić information content (AvgIpc) is 2.37. The maximum Gasteiger partial charge on any atom is 0.161 e. The molecule has 1 aromatic rings. The van der Waals surface area contributed by atoms with Gasteiger partial charge in [-0.15, -0.1) is 0 Å². The number of rotatable bonds is 3. The highest BCUT2D eigenvalue weighted by atomic mass is 16.6. The van der Waals surface area contributed by atoms with E-state index in [1.807, 2.05) is 38.4 Å². The van der Waals surface area contributed by atoms with Crippen LogP contribution in [0, 0.1) is 0 Å². The summed E-state index contributed by atoms with van der Waals surface area (Å²) in [5.74, 6) is 1.60. The molecule has 0 aliphatic carbocycles. The molecule has 4 heteroatoms. The fourth-order valence-electron chi connectivity index (χ4n) is 1.93. The van der Waals surface area contributed by atoms with E-state index in [0.717, 1.165) is 11.5 Å². The van der Waals surface area contributed by atoms with E-state index in [9.17, 15) is 0 Å². The summed E-state index contributed by atoms with van der Waals surface area (Å²) in [6.45, 7) is 3.15. The van der Waals surface area contributed by atoms with Crippen LogP contribution in [0.25, 0.3) is 0 Å². The Kier molecular flexibility index (Phi) is 3.26. The van der Waals surface area contributed by atoms with Crippen LogP contribution in [0.2, 0.25) is 0 Å². The zero-order valence-electron chi connectivity index (χ0n) is 10.6. The summed E-state index contributed by atoms with van der Waals surface area (Å²) in [5, 5.41) is 0. The smallest absolute Gasteiger partial charge is 0.161 e. The molecule has 1 aliphatic rings. The molecule has 0 fully saturated rings. The number of hydrogen-bond acceptors (Lipinski definition) is 4. The number of nitrogens with two attached hydrogens (primary N) is 1. The van der Waals surface area contributed by atoms with Crippen molar-refractivity contribution in [2.24, 2.45) is 5.73 Å². The van der Waals surface area contributed by atoms with Gasteiger partial charge in [-0.2, -0.15) is 0 Å². The van der Waals surface area contributed by atoms with E-state index in [-0.39, 0.29) is 11.6 Å². The second kappa shape index (κ2) is 4.55. The number of ether oxygens (including phenoxy) is 2. The molecule has 0 spiro atoms. The quantitative estimate of drug-likeness (QED) is 0.854. The van der Waals surface area contributed by atoms with Gasteiger partial charge in [-0.3, -0.25) is 4.90 Å². The van der Waals surface area contributed by atoms with Gasteiger partial charge in [0.05, 0.1) is 5.54 Å². The van der Waals surface area contributed by atoms with Gasteiger partial charge in [0.1, 0.15) is 6.61 Å². The number of benzene rings is 1. The maximum atomic E-state index is 6.00. The van der Waals surface area contributed by atoms with Gasteiger partial charge in [0.25, 0.3) is 0 Å². The largest absolute Gasteiger partial charge is 0.486 e. The number of nitrogens with zero attached hydrogens (tertiary/aromatic N) is 1. The van der Waals surface area contributed by atoms with Gasteiger partial charge in [-0.1, -0.05) is 12.1 Å². The number of fused-ring (bicyclic) bond motifs is 1. The third-order valence-electron chi connectivity index (χ3n) is 3.64. The van der Waals surface area contributed by atoms with Crippen LogP contribution in [0.15, 0.2) is 24.3 Å². The van der Waals surface area contributed by atoms with E-state index < -0.39 is 0 Å². The summed E-state index contributed by atoms with van der Waals surface area (Å²) >= 11 is 0. The van der Waals surface area contributed by atoms with Crippen LogP contribution in [0.5, 0.6) is 11.5 Å². The molecule has 0 bridgehead atoms. The van der Waals surface area contributed by atoms with E-state index in [0.29, 0.717) is 13.2 Å². The summed E-state index contributed by atoms with van der Waals surface area (Å²) in [6.07, 6.45) is -0.0580. The fourth-order valence-corrected chi connectivity index (χ4v) is 1.93. The lowest BCUT2D eigenvalue weighted by atomic mass is 9.93. The highest BCUT2D eigenvalue weighted by Gasteiger charge is 2.39. The van der Waals surface area contributed by atoms with Crippen LogP contribution in [0.3, 0.4) is 0 Å². The zero-order valence-corrected chi connectivity index (χ0v) is 10.6. The molecule has 1 aliphatic heterocycles. The van der Waals surface area contributed by atoms with Crippen LogP contribution in [0.1, 0.15) is 6.92 Å². The van der Waals surface area contributed by atoms with E-state index in [2.05, 4.69) is 11.8 Å². The number of hydrogen-bond donors (Lipinski definition) is 1. The zero-order chi connectivity index (χ0) is 12.5. The van der Waals surface area contributed by atoms with E-state index in [4.69, 9.17) is 15.2 Å². The molecule has 2 rings (SSSR count). The van der Waals surface area contributed by atoms with Crippen molar-refractivity contribution in [1.82, 2.24) is 4.90 Å². The molecule has 2 atom stereocenters. The first-order chi connectivity index (χ1) is 8.08. The minimum absolute atomic E-state index is 0.0580. The Morgan fingerprint density at radius 2 is 2.00 bits per heavy atom. The normalized spacial score (nSPS) is 22.3. The molecule has 1 heterocycles. The lowest BCUT2D eigenvalue weighted by Gasteiger charge is -2.43. The van der Waals surface area contributed by atoms with Gasteiger partial charge in [-0.05, 0) is 33.2 Å². The fraction of sp³-hybridized carbons (Fsp3) is 0.538. The molecule has 2 unspecified atom stereocenters. The monoisotopic (exact) mass is 236 g/mol. The van der Waals surface area contributed by atoms with Crippen molar-refractivity contribution in [2.45, 2.75) is 18.6 Å². The van der Waals surface area contributed by atoms with Crippen LogP contribution in [-0.2, 0) is 0 Å². The van der Waals surface area contributed by atoms with Crippen LogP contribution >= 0.6 is 0 Å². The molecule has 0 saturated carbocycles. The van der Waals surface area contributed by atoms with Crippen molar-refractivity contribution in [3.63, 3.8) is 0 Å². The lowest BCUT2D eigenvalue weighted by molar-refractivity contribution is -0.0181. The van der Waals surface area contributed by atoms with Crippen LogP contribution in [0.4, 0.5) is 0 Å². The van der Waals surface area contributed by atoms with Gasteiger partial charge in [0, 0.05) is 6.54 Å². The molecule has 1 aromatic carbocycles. The highest BCUT2D eigenvalue weighted by molar-refractivity contribution is 5.41. The Morgan fingerprint density at radius 1 is 1.35 bits per heavy atom. The lowest BCUT2D eigenvalue weighted by Crippen LogP contribution is -2.61. The van der Waals surface area contributed by atoms with Gasteiger partial charge in [0.2, 0.25) is 0 Å². The predicted octanol–water partition coefficient (Wildman–Crippen LogP) is 1.11. The van der Waals surface area contributed by atoms with E-state index in [1.165, 1.54) is 0 Å². The molecule has 0 aromatic heterocycles. The van der Waals surface area contributed by atoms with Crippen molar-refractivity contribution >= 4 is 0 Å². The third kappa shape index (κ3) is 2.10.